The molecule has 5 nitrogen and oxygen atoms in total. The molecule has 1 heterocycles. The average Bonchev–Trinajstić information content (AvgIpc) is 3.46. The van der Waals surface area contributed by atoms with E-state index in [0.717, 1.165) is 24.1 Å². The Morgan fingerprint density at radius 1 is 1.09 bits per heavy atom. The maximum absolute atomic E-state index is 12.7. The van der Waals surface area contributed by atoms with E-state index in [0.29, 0.717) is 29.6 Å². The molecule has 1 aromatic carbocycles. The van der Waals surface area contributed by atoms with Gasteiger partial charge in [-0.1, -0.05) is 6.07 Å². The molecule has 0 radical (unpaired) electrons. The quantitative estimate of drug-likeness (QED) is 0.713. The third kappa shape index (κ3) is 2.99. The normalized spacial score (nSPS) is 16.9. The van der Waals surface area contributed by atoms with Crippen molar-refractivity contribution in [3.8, 4) is 0 Å². The molecule has 2 aliphatic carbocycles. The van der Waals surface area contributed by atoms with Gasteiger partial charge in [-0.3, -0.25) is 9.59 Å². The first kappa shape index (κ1) is 14.1. The summed E-state index contributed by atoms with van der Waals surface area (Å²) in [7, 11) is 0. The zero-order valence-electron chi connectivity index (χ0n) is 12.8. The van der Waals surface area contributed by atoms with Crippen LogP contribution < -0.4 is 10.6 Å². The van der Waals surface area contributed by atoms with Crippen molar-refractivity contribution in [1.29, 1.82) is 0 Å². The van der Waals surface area contributed by atoms with Crippen LogP contribution in [0, 0.1) is 0 Å². The van der Waals surface area contributed by atoms with E-state index in [1.807, 2.05) is 12.1 Å². The Morgan fingerprint density at radius 2 is 1.83 bits per heavy atom. The minimum Gasteiger partial charge on any atom is -0.361 e. The molecule has 23 heavy (non-hydrogen) atoms. The van der Waals surface area contributed by atoms with Crippen LogP contribution in [-0.2, 0) is 4.79 Å². The first-order valence-corrected chi connectivity index (χ1v) is 8.09. The Hall–Kier alpha value is -2.56. The molecule has 2 saturated carbocycles. The van der Waals surface area contributed by atoms with Gasteiger partial charge in [0.15, 0.2) is 0 Å². The van der Waals surface area contributed by atoms with Gasteiger partial charge < -0.3 is 15.6 Å². The maximum Gasteiger partial charge on any atom is 0.257 e. The van der Waals surface area contributed by atoms with Crippen LogP contribution >= 0.6 is 0 Å². The van der Waals surface area contributed by atoms with Crippen LogP contribution in [0.1, 0.15) is 59.3 Å². The van der Waals surface area contributed by atoms with Gasteiger partial charge in [0.05, 0.1) is 5.56 Å². The van der Waals surface area contributed by atoms with E-state index in [1.54, 1.807) is 18.2 Å². The van der Waals surface area contributed by atoms with Gasteiger partial charge in [-0.15, -0.1) is 0 Å². The summed E-state index contributed by atoms with van der Waals surface area (Å²) >= 11 is 0. The van der Waals surface area contributed by atoms with Crippen molar-refractivity contribution in [1.82, 2.24) is 4.98 Å². The molecule has 3 N–H and O–H groups in total. The van der Waals surface area contributed by atoms with Gasteiger partial charge in [0.1, 0.15) is 0 Å². The number of anilines is 2. The number of carbonyl (C=O) groups is 2. The van der Waals surface area contributed by atoms with Gasteiger partial charge in [0.2, 0.25) is 6.41 Å². The van der Waals surface area contributed by atoms with Crippen molar-refractivity contribution in [2.45, 2.75) is 37.5 Å². The van der Waals surface area contributed by atoms with Crippen LogP contribution in [0.5, 0.6) is 0 Å². The highest BCUT2D eigenvalue weighted by atomic mass is 16.1. The lowest BCUT2D eigenvalue weighted by Crippen LogP contribution is -2.13. The van der Waals surface area contributed by atoms with Crippen LogP contribution in [0.4, 0.5) is 11.4 Å². The van der Waals surface area contributed by atoms with Crippen LogP contribution in [0.25, 0.3) is 0 Å². The van der Waals surface area contributed by atoms with Gasteiger partial charge in [-0.05, 0) is 61.8 Å². The average molecular weight is 309 g/mol. The van der Waals surface area contributed by atoms with Crippen LogP contribution in [0.3, 0.4) is 0 Å². The molecule has 0 saturated heterocycles. The molecule has 0 aliphatic heterocycles. The maximum atomic E-state index is 12.7. The van der Waals surface area contributed by atoms with E-state index < -0.39 is 0 Å². The fourth-order valence-electron chi connectivity index (χ4n) is 2.94. The zero-order chi connectivity index (χ0) is 15.8. The highest BCUT2D eigenvalue weighted by Gasteiger charge is 2.33. The van der Waals surface area contributed by atoms with Crippen molar-refractivity contribution in [2.75, 3.05) is 10.6 Å². The minimum absolute atomic E-state index is 0.0849. The predicted octanol–water partition coefficient (Wildman–Crippen LogP) is 3.59. The minimum atomic E-state index is -0.0849. The number of nitrogens with one attached hydrogen (secondary N) is 3. The summed E-state index contributed by atoms with van der Waals surface area (Å²) in [5.74, 6) is 1.03. The Bertz CT molecular complexity index is 757. The molecular weight excluding hydrogens is 290 g/mol. The molecule has 0 unspecified atom stereocenters. The standard InChI is InChI=1S/C18H19N3O2/c22-10-19-13-2-1-3-14(8-13)20-18(23)15-9-16(11-4-5-11)21-17(15)12-6-7-12/h1-3,8-12,21H,4-7H2,(H,19,22)(H,20,23). The number of carbonyl (C=O) groups excluding carboxylic acids is 2. The fraction of sp³-hybridized carbons (Fsp3) is 0.333. The Morgan fingerprint density at radius 3 is 2.52 bits per heavy atom. The fourth-order valence-corrected chi connectivity index (χ4v) is 2.94. The molecule has 118 valence electrons. The van der Waals surface area contributed by atoms with E-state index in [1.165, 1.54) is 18.5 Å². The summed E-state index contributed by atoms with van der Waals surface area (Å²) in [6.07, 6.45) is 5.36. The summed E-state index contributed by atoms with van der Waals surface area (Å²) in [5.41, 5.74) is 4.40. The molecule has 0 bridgehead atoms. The molecule has 2 fully saturated rings. The summed E-state index contributed by atoms with van der Waals surface area (Å²) in [4.78, 5) is 26.7. The van der Waals surface area contributed by atoms with E-state index in [4.69, 9.17) is 0 Å². The van der Waals surface area contributed by atoms with E-state index in [-0.39, 0.29) is 5.91 Å². The van der Waals surface area contributed by atoms with Crippen molar-refractivity contribution in [2.24, 2.45) is 0 Å². The highest BCUT2D eigenvalue weighted by Crippen LogP contribution is 2.45. The Labute approximate surface area is 134 Å². The monoisotopic (exact) mass is 309 g/mol. The zero-order valence-corrected chi connectivity index (χ0v) is 12.8. The van der Waals surface area contributed by atoms with Crippen LogP contribution in [-0.4, -0.2) is 17.3 Å². The summed E-state index contributed by atoms with van der Waals surface area (Å²) in [6, 6.07) is 9.17. The molecule has 4 rings (SSSR count). The number of aromatic amines is 1. The largest absolute Gasteiger partial charge is 0.361 e. The van der Waals surface area contributed by atoms with Crippen molar-refractivity contribution in [3.05, 3.63) is 47.3 Å². The molecule has 2 aromatic rings. The first-order valence-electron chi connectivity index (χ1n) is 8.09. The number of hydrogen-bond donors (Lipinski definition) is 3. The first-order chi connectivity index (χ1) is 11.2. The lowest BCUT2D eigenvalue weighted by atomic mass is 10.1. The smallest absolute Gasteiger partial charge is 0.257 e. The lowest BCUT2D eigenvalue weighted by Gasteiger charge is -2.07. The summed E-state index contributed by atoms with van der Waals surface area (Å²) in [5, 5.41) is 5.53. The van der Waals surface area contributed by atoms with Gasteiger partial charge in [0.25, 0.3) is 5.91 Å². The second kappa shape index (κ2) is 5.57. The second-order valence-electron chi connectivity index (χ2n) is 6.40. The van der Waals surface area contributed by atoms with Gasteiger partial charge in [0, 0.05) is 22.8 Å². The molecule has 0 atom stereocenters. The molecule has 5 heteroatoms. The second-order valence-corrected chi connectivity index (χ2v) is 6.40. The predicted molar refractivity (Wildman–Crippen MR) is 88.8 cm³/mol. The van der Waals surface area contributed by atoms with Crippen molar-refractivity contribution in [3.63, 3.8) is 0 Å². The molecule has 2 amide bonds. The summed E-state index contributed by atoms with van der Waals surface area (Å²) < 4.78 is 0. The third-order valence-corrected chi connectivity index (χ3v) is 4.46. The highest BCUT2D eigenvalue weighted by molar-refractivity contribution is 6.05. The number of hydrogen-bond acceptors (Lipinski definition) is 2. The topological polar surface area (TPSA) is 74.0 Å². The number of benzene rings is 1. The van der Waals surface area contributed by atoms with Gasteiger partial charge in [-0.2, -0.15) is 0 Å². The van der Waals surface area contributed by atoms with Crippen LogP contribution in [0.15, 0.2) is 30.3 Å². The number of H-pyrrole nitrogens is 1. The number of rotatable bonds is 6. The number of amides is 2. The van der Waals surface area contributed by atoms with E-state index in [2.05, 4.69) is 15.6 Å². The van der Waals surface area contributed by atoms with Gasteiger partial charge >= 0.3 is 0 Å². The summed E-state index contributed by atoms with van der Waals surface area (Å²) in [6.45, 7) is 0. The third-order valence-electron chi connectivity index (χ3n) is 4.46. The van der Waals surface area contributed by atoms with E-state index >= 15 is 0 Å². The molecule has 1 aromatic heterocycles. The van der Waals surface area contributed by atoms with E-state index in [9.17, 15) is 9.59 Å². The van der Waals surface area contributed by atoms with Crippen LogP contribution in [0.2, 0.25) is 0 Å². The van der Waals surface area contributed by atoms with Crippen molar-refractivity contribution < 1.29 is 9.59 Å². The van der Waals surface area contributed by atoms with Gasteiger partial charge in [-0.25, -0.2) is 0 Å². The number of aromatic nitrogens is 1. The lowest BCUT2D eigenvalue weighted by molar-refractivity contribution is -0.105. The SMILES string of the molecule is O=CNc1cccc(NC(=O)c2cc(C3CC3)[nH]c2C2CC2)c1. The molecule has 2 aliphatic rings. The Balaban J connectivity index is 1.56. The molecule has 0 spiro atoms. The van der Waals surface area contributed by atoms with Crippen molar-refractivity contribution >= 4 is 23.7 Å². The Kier molecular flexibility index (Phi) is 3.41. The molecular formula is C18H19N3O2.